The lowest BCUT2D eigenvalue weighted by Gasteiger charge is -2.27. The van der Waals surface area contributed by atoms with Gasteiger partial charge in [-0.1, -0.05) is 12.1 Å². The van der Waals surface area contributed by atoms with Crippen molar-refractivity contribution in [2.75, 3.05) is 26.2 Å². The maximum Gasteiger partial charge on any atom is 0.326 e. The number of nitrogens with one attached hydrogen (secondary N) is 11. The van der Waals surface area contributed by atoms with Crippen molar-refractivity contribution in [3.8, 4) is 5.75 Å². The Morgan fingerprint density at radius 1 is 0.450 bits per heavy atom. The van der Waals surface area contributed by atoms with E-state index in [2.05, 4.69) is 47.9 Å². The van der Waals surface area contributed by atoms with Gasteiger partial charge in [0.05, 0.1) is 26.1 Å². The molecule has 0 spiro atoms. The molecule has 7 atom stereocenters. The van der Waals surface area contributed by atoms with Crippen LogP contribution in [0.5, 0.6) is 5.75 Å². The van der Waals surface area contributed by atoms with Gasteiger partial charge in [-0.05, 0) is 56.2 Å². The van der Waals surface area contributed by atoms with Crippen molar-refractivity contribution >= 4 is 94.7 Å². The number of carboxylic acids is 2. The number of hydrogen-bond donors (Lipinski definition) is 20. The van der Waals surface area contributed by atoms with Crippen LogP contribution in [0, 0.1) is 5.41 Å². The van der Waals surface area contributed by atoms with E-state index in [1.54, 1.807) is 0 Å². The number of amides is 13. The molecule has 0 heterocycles. The minimum Gasteiger partial charge on any atom is -0.508 e. The summed E-state index contributed by atoms with van der Waals surface area (Å²) in [6.07, 6.45) is -5.59. The second kappa shape index (κ2) is 35.6. The molecule has 35 heteroatoms. The molecule has 13 amide bonds. The molecule has 0 fully saturated rings. The molecule has 442 valence electrons. The first kappa shape index (κ1) is 68.3. The Hall–Kier alpha value is -9.70. The molecule has 80 heavy (non-hydrogen) atoms. The van der Waals surface area contributed by atoms with E-state index in [-0.39, 0.29) is 38.0 Å². The SMILES string of the molecule is N=C(N)NCCC[C@H](NC(=O)CNC(=O)[C@H](Cc1ccc(O)cc1)NC(=O)[C@H](CCC(N)=O)NC(=O)[C@H](CCC(N)=O)NC(=O)[C@H](CCC(N)=O)NC(=O)[C@H](CCC(N)=O)NC(=O)CN)C(=O)NCC(=O)N[C@@H](CC(=O)O)C(=O)O. The van der Waals surface area contributed by atoms with Crippen molar-refractivity contribution in [2.45, 2.75) is 119 Å². The van der Waals surface area contributed by atoms with Crippen LogP contribution >= 0.6 is 0 Å². The first-order chi connectivity index (χ1) is 37.5. The van der Waals surface area contributed by atoms with Gasteiger partial charge in [0.25, 0.3) is 0 Å². The Morgan fingerprint density at radius 2 is 0.800 bits per heavy atom. The van der Waals surface area contributed by atoms with Crippen LogP contribution in [-0.2, 0) is 78.3 Å². The van der Waals surface area contributed by atoms with Crippen LogP contribution in [-0.4, -0.2) is 178 Å². The highest BCUT2D eigenvalue weighted by atomic mass is 16.4. The van der Waals surface area contributed by atoms with E-state index in [0.717, 1.165) is 0 Å². The molecule has 26 N–H and O–H groups in total. The van der Waals surface area contributed by atoms with Gasteiger partial charge in [0.1, 0.15) is 48.0 Å². The first-order valence-electron chi connectivity index (χ1n) is 24.3. The molecule has 0 unspecified atom stereocenters. The van der Waals surface area contributed by atoms with Gasteiger partial charge in [0.15, 0.2) is 5.96 Å². The smallest absolute Gasteiger partial charge is 0.326 e. The maximum absolute atomic E-state index is 14.1. The van der Waals surface area contributed by atoms with Gasteiger partial charge in [0.2, 0.25) is 76.8 Å². The summed E-state index contributed by atoms with van der Waals surface area (Å²) in [5.74, 6) is -17.3. The number of nitrogens with two attached hydrogens (primary N) is 6. The average molecular weight is 1140 g/mol. The number of phenolic OH excluding ortho intramolecular Hbond substituents is 1. The van der Waals surface area contributed by atoms with Crippen LogP contribution in [0.3, 0.4) is 0 Å². The number of phenols is 1. The normalized spacial score (nSPS) is 13.2. The summed E-state index contributed by atoms with van der Waals surface area (Å²) in [4.78, 5) is 190. The third-order valence-electron chi connectivity index (χ3n) is 11.0. The number of rotatable bonds is 39. The summed E-state index contributed by atoms with van der Waals surface area (Å²) in [5, 5.41) is 58.2. The van der Waals surface area contributed by atoms with Crippen LogP contribution in [0.25, 0.3) is 0 Å². The number of guanidine groups is 1. The fourth-order valence-electron chi connectivity index (χ4n) is 6.89. The number of aromatic hydroxyl groups is 1. The zero-order chi connectivity index (χ0) is 60.6. The monoisotopic (exact) mass is 1140 g/mol. The summed E-state index contributed by atoms with van der Waals surface area (Å²) < 4.78 is 0. The topological polar surface area (TPSA) is 617 Å². The Bertz CT molecular complexity index is 2440. The van der Waals surface area contributed by atoms with Gasteiger partial charge >= 0.3 is 11.9 Å². The minimum absolute atomic E-state index is 0.0176. The Morgan fingerprint density at radius 3 is 1.16 bits per heavy atom. The molecule has 1 rings (SSSR count). The third-order valence-corrected chi connectivity index (χ3v) is 11.0. The second-order valence-electron chi connectivity index (χ2n) is 17.6. The summed E-state index contributed by atoms with van der Waals surface area (Å²) >= 11 is 0. The molecule has 0 saturated heterocycles. The summed E-state index contributed by atoms with van der Waals surface area (Å²) in [6, 6.07) is -6.52. The van der Waals surface area contributed by atoms with Crippen molar-refractivity contribution in [1.82, 2.24) is 53.2 Å². The Labute approximate surface area is 455 Å². The fourth-order valence-corrected chi connectivity index (χ4v) is 6.89. The van der Waals surface area contributed by atoms with Gasteiger partial charge in [-0.15, -0.1) is 0 Å². The number of carboxylic acid groups (broad SMARTS) is 2. The van der Waals surface area contributed by atoms with Crippen LogP contribution in [0.4, 0.5) is 0 Å². The van der Waals surface area contributed by atoms with Crippen molar-refractivity contribution in [3.05, 3.63) is 29.8 Å². The summed E-state index contributed by atoms with van der Waals surface area (Å²) in [6.45, 7) is -2.34. The van der Waals surface area contributed by atoms with Crippen molar-refractivity contribution in [1.29, 1.82) is 5.41 Å². The molecule has 0 aliphatic heterocycles. The predicted octanol–water partition coefficient (Wildman–Crippen LogP) is -9.60. The lowest BCUT2D eigenvalue weighted by atomic mass is 10.0. The fraction of sp³-hybridized carbons (Fsp3) is 0.511. The van der Waals surface area contributed by atoms with Gasteiger partial charge in [0, 0.05) is 38.6 Å². The number of carbonyl (C=O) groups excluding carboxylic acids is 13. The number of carbonyl (C=O) groups is 15. The highest BCUT2D eigenvalue weighted by molar-refractivity contribution is 5.98. The molecule has 0 aliphatic carbocycles. The first-order valence-corrected chi connectivity index (χ1v) is 24.3. The molecule has 1 aromatic rings. The van der Waals surface area contributed by atoms with Crippen LogP contribution in [0.2, 0.25) is 0 Å². The van der Waals surface area contributed by atoms with E-state index < -0.39 is 208 Å². The van der Waals surface area contributed by atoms with Gasteiger partial charge < -0.3 is 103 Å². The Kier molecular flexibility index (Phi) is 30.4. The lowest BCUT2D eigenvalue weighted by Crippen LogP contribution is -2.59. The minimum atomic E-state index is -1.85. The molecular formula is C45H69N17O18. The maximum atomic E-state index is 14.1. The van der Waals surface area contributed by atoms with E-state index in [1.807, 2.05) is 5.32 Å². The van der Waals surface area contributed by atoms with E-state index in [4.69, 9.17) is 44.9 Å². The van der Waals surface area contributed by atoms with Crippen molar-refractivity contribution in [2.24, 2.45) is 34.4 Å². The van der Waals surface area contributed by atoms with E-state index >= 15 is 0 Å². The quantitative estimate of drug-likeness (QED) is 0.0165. The Balaban J connectivity index is 3.51. The molecule has 35 nitrogen and oxygen atoms in total. The van der Waals surface area contributed by atoms with Crippen LogP contribution in [0.15, 0.2) is 24.3 Å². The van der Waals surface area contributed by atoms with E-state index in [9.17, 15) is 82.1 Å². The number of hydrogen-bond acceptors (Lipinski definition) is 18. The summed E-state index contributed by atoms with van der Waals surface area (Å²) in [5.41, 5.74) is 32.1. The number of aliphatic carboxylic acids is 2. The van der Waals surface area contributed by atoms with Crippen molar-refractivity contribution < 1.29 is 87.2 Å². The average Bonchev–Trinajstić information content (AvgIpc) is 3.37. The van der Waals surface area contributed by atoms with Crippen LogP contribution < -0.4 is 87.6 Å². The zero-order valence-corrected chi connectivity index (χ0v) is 43.1. The van der Waals surface area contributed by atoms with Gasteiger partial charge in [-0.2, -0.15) is 0 Å². The summed E-state index contributed by atoms with van der Waals surface area (Å²) in [7, 11) is 0. The van der Waals surface area contributed by atoms with Gasteiger partial charge in [-0.25, -0.2) is 4.79 Å². The second-order valence-corrected chi connectivity index (χ2v) is 17.6. The molecule has 0 radical (unpaired) electrons. The largest absolute Gasteiger partial charge is 0.508 e. The van der Waals surface area contributed by atoms with Crippen LogP contribution in [0.1, 0.15) is 76.2 Å². The van der Waals surface area contributed by atoms with Crippen molar-refractivity contribution in [3.63, 3.8) is 0 Å². The number of benzene rings is 1. The highest BCUT2D eigenvalue weighted by Crippen LogP contribution is 2.13. The molecule has 0 bridgehead atoms. The lowest BCUT2D eigenvalue weighted by molar-refractivity contribution is -0.147. The van der Waals surface area contributed by atoms with E-state index in [1.165, 1.54) is 24.3 Å². The molecular weight excluding hydrogens is 1070 g/mol. The zero-order valence-electron chi connectivity index (χ0n) is 43.1. The van der Waals surface area contributed by atoms with E-state index in [0.29, 0.717) is 5.56 Å². The standard InChI is InChI=1S/C45H69N17O18/c46-18-34(68)56-24(7-11-30(47)64)40(75)59-25(8-12-31(48)65)41(76)60-26(9-13-32(49)66)42(77)61-27(10-14-33(50)67)43(78)62-28(16-21-3-5-22(63)6-4-21)39(74)55-19-35(69)57-23(2-1-15-53-45(51)52)38(73)54-20-36(70)58-29(44(79)80)17-37(71)72/h3-6,23-29,63H,1-2,7-20,46H2,(H2,47,64)(H2,48,65)(H2,49,66)(H2,50,67)(H,54,73)(H,55,74)(H,56,68)(H,57,69)(H,58,70)(H,59,75)(H,60,76)(H,61,77)(H,62,78)(H,71,72)(H,79,80)(H4,51,52,53)/t23-,24-,25-,26-,27-,28-,29-/m0/s1. The molecule has 0 aliphatic rings. The molecule has 0 saturated carbocycles. The predicted molar refractivity (Wildman–Crippen MR) is 273 cm³/mol. The highest BCUT2D eigenvalue weighted by Gasteiger charge is 2.34. The van der Waals surface area contributed by atoms with Gasteiger partial charge in [-0.3, -0.25) is 72.5 Å². The molecule has 1 aromatic carbocycles. The third kappa shape index (κ3) is 29.0. The molecule has 0 aromatic heterocycles. The number of primary amides is 4.